The van der Waals surface area contributed by atoms with E-state index in [0.717, 1.165) is 11.6 Å². The van der Waals surface area contributed by atoms with Gasteiger partial charge in [0.2, 0.25) is 0 Å². The molecule has 0 saturated carbocycles. The van der Waals surface area contributed by atoms with Crippen LogP contribution in [0.25, 0.3) is 12.2 Å². The summed E-state index contributed by atoms with van der Waals surface area (Å²) in [7, 11) is 0. The number of ether oxygens (including phenoxy) is 5. The molecule has 2 aliphatic heterocycles. The van der Waals surface area contributed by atoms with Crippen molar-refractivity contribution in [3.05, 3.63) is 71.8 Å². The van der Waals surface area contributed by atoms with Crippen molar-refractivity contribution in [1.82, 2.24) is 0 Å². The molecule has 2 aliphatic rings. The molecule has 240 valence electrons. The Morgan fingerprint density at radius 3 is 1.91 bits per heavy atom. The molecule has 2 aromatic carbocycles. The fourth-order valence-corrected chi connectivity index (χ4v) is 4.54. The lowest BCUT2D eigenvalue weighted by Crippen LogP contribution is -2.64. The van der Waals surface area contributed by atoms with Gasteiger partial charge in [0.05, 0.1) is 13.2 Å². The molecule has 0 amide bonds. The molecular formula is C30H36O14. The molecule has 14 heteroatoms. The summed E-state index contributed by atoms with van der Waals surface area (Å²) in [6, 6.07) is 12.4. The van der Waals surface area contributed by atoms with Crippen molar-refractivity contribution in [2.45, 2.75) is 61.4 Å². The van der Waals surface area contributed by atoms with Crippen molar-refractivity contribution in [1.29, 1.82) is 0 Å². The Bertz CT molecular complexity index is 1250. The van der Waals surface area contributed by atoms with E-state index in [1.807, 2.05) is 0 Å². The van der Waals surface area contributed by atoms with Crippen LogP contribution in [-0.4, -0.2) is 128 Å². The van der Waals surface area contributed by atoms with Crippen LogP contribution >= 0.6 is 0 Å². The first-order chi connectivity index (χ1) is 21.1. The van der Waals surface area contributed by atoms with Gasteiger partial charge >= 0.3 is 5.97 Å². The predicted octanol–water partition coefficient (Wildman–Crippen LogP) is -0.984. The number of phenols is 2. The molecule has 0 unspecified atom stereocenters. The van der Waals surface area contributed by atoms with Crippen molar-refractivity contribution in [3.63, 3.8) is 0 Å². The largest absolute Gasteiger partial charge is 0.508 e. The highest BCUT2D eigenvalue weighted by Gasteiger charge is 2.51. The normalized spacial score (nSPS) is 32.7. The van der Waals surface area contributed by atoms with Crippen molar-refractivity contribution in [2.24, 2.45) is 0 Å². The van der Waals surface area contributed by atoms with E-state index in [-0.39, 0.29) is 18.1 Å². The van der Waals surface area contributed by atoms with E-state index in [1.54, 1.807) is 36.4 Å². The van der Waals surface area contributed by atoms with Crippen LogP contribution in [0.4, 0.5) is 0 Å². The Morgan fingerprint density at radius 1 is 0.727 bits per heavy atom. The van der Waals surface area contributed by atoms with Gasteiger partial charge in [0.1, 0.15) is 66.9 Å². The summed E-state index contributed by atoms with van der Waals surface area (Å²) >= 11 is 0. The molecule has 2 saturated heterocycles. The van der Waals surface area contributed by atoms with Gasteiger partial charge in [-0.1, -0.05) is 36.4 Å². The standard InChI is InChI=1S/C30H36O14/c31-14-20-23(35)25(37)27(39)29(42-20)44-28-26(38)24(36)21(15-41-22(34)12-7-17-5-10-19(33)11-6-17)43-30(28)40-13-1-2-16-3-8-18(32)9-4-16/h1-12,20-21,23-33,35-39H,13-15H2/b2-1+,12-7+/t20-,21-,23-,24-,25+,26+,27-,28-,29+,30-/m1/s1. The fourth-order valence-electron chi connectivity index (χ4n) is 4.54. The second-order valence-corrected chi connectivity index (χ2v) is 10.2. The van der Waals surface area contributed by atoms with Gasteiger partial charge in [-0.05, 0) is 41.5 Å². The van der Waals surface area contributed by atoms with Crippen LogP contribution in [0.5, 0.6) is 11.5 Å². The lowest BCUT2D eigenvalue weighted by atomic mass is 9.97. The summed E-state index contributed by atoms with van der Waals surface area (Å²) in [6.07, 6.45) is -9.94. The summed E-state index contributed by atoms with van der Waals surface area (Å²) in [5.74, 6) is -0.622. The van der Waals surface area contributed by atoms with Gasteiger partial charge in [0.25, 0.3) is 0 Å². The molecule has 0 bridgehead atoms. The minimum absolute atomic E-state index is 0.0631. The molecule has 0 spiro atoms. The maximum absolute atomic E-state index is 12.3. The first-order valence-corrected chi connectivity index (χ1v) is 13.8. The summed E-state index contributed by atoms with van der Waals surface area (Å²) in [5.41, 5.74) is 1.36. The number of aromatic hydroxyl groups is 2. The zero-order chi connectivity index (χ0) is 31.8. The quantitative estimate of drug-likeness (QED) is 0.112. The molecule has 14 nitrogen and oxygen atoms in total. The third-order valence-electron chi connectivity index (χ3n) is 7.04. The Kier molecular flexibility index (Phi) is 11.8. The van der Waals surface area contributed by atoms with Crippen molar-refractivity contribution in [2.75, 3.05) is 19.8 Å². The van der Waals surface area contributed by atoms with Crippen LogP contribution in [0.3, 0.4) is 0 Å². The monoisotopic (exact) mass is 620 g/mol. The van der Waals surface area contributed by atoms with Crippen LogP contribution in [0.2, 0.25) is 0 Å². The highest BCUT2D eigenvalue weighted by molar-refractivity contribution is 5.87. The minimum atomic E-state index is -1.80. The molecule has 8 N–H and O–H groups in total. The highest BCUT2D eigenvalue weighted by Crippen LogP contribution is 2.30. The second-order valence-electron chi connectivity index (χ2n) is 10.2. The average Bonchev–Trinajstić information content (AvgIpc) is 3.02. The molecule has 2 aromatic rings. The molecule has 2 heterocycles. The van der Waals surface area contributed by atoms with E-state index >= 15 is 0 Å². The number of hydrogen-bond donors (Lipinski definition) is 8. The third kappa shape index (κ3) is 8.61. The Labute approximate surface area is 252 Å². The fraction of sp³-hybridized carbons (Fsp3) is 0.433. The number of hydrogen-bond acceptors (Lipinski definition) is 14. The van der Waals surface area contributed by atoms with Gasteiger partial charge in [-0.3, -0.25) is 0 Å². The van der Waals surface area contributed by atoms with Crippen LogP contribution in [-0.2, 0) is 28.5 Å². The number of carbonyl (C=O) groups is 1. The summed E-state index contributed by atoms with van der Waals surface area (Å²) < 4.78 is 27.8. The molecule has 44 heavy (non-hydrogen) atoms. The van der Waals surface area contributed by atoms with E-state index < -0.39 is 80.6 Å². The van der Waals surface area contributed by atoms with Crippen molar-refractivity contribution < 1.29 is 69.3 Å². The molecule has 10 atom stereocenters. The van der Waals surface area contributed by atoms with Gasteiger partial charge in [-0.25, -0.2) is 4.79 Å². The van der Waals surface area contributed by atoms with Gasteiger partial charge in [0, 0.05) is 6.08 Å². The number of rotatable bonds is 11. The van der Waals surface area contributed by atoms with Gasteiger partial charge < -0.3 is 64.5 Å². The SMILES string of the molecule is O=C(/C=C/c1ccc(O)cc1)OC[C@H]1O[C@@H](OC/C=C/c2ccc(O)cc2)[C@H](O[C@@H]2O[C@H](CO)[C@@H](O)[C@H](O)[C@H]2O)[C@@H](O)[C@@H]1O. The minimum Gasteiger partial charge on any atom is -0.508 e. The first-order valence-electron chi connectivity index (χ1n) is 13.8. The maximum atomic E-state index is 12.3. The smallest absolute Gasteiger partial charge is 0.330 e. The Morgan fingerprint density at radius 2 is 1.30 bits per heavy atom. The van der Waals surface area contributed by atoms with Crippen molar-refractivity contribution in [3.8, 4) is 11.5 Å². The van der Waals surface area contributed by atoms with Crippen LogP contribution in [0, 0.1) is 0 Å². The lowest BCUT2D eigenvalue weighted by Gasteiger charge is -2.46. The molecule has 0 radical (unpaired) electrons. The van der Waals surface area contributed by atoms with Crippen LogP contribution < -0.4 is 0 Å². The zero-order valence-electron chi connectivity index (χ0n) is 23.4. The van der Waals surface area contributed by atoms with Gasteiger partial charge in [-0.15, -0.1) is 0 Å². The van der Waals surface area contributed by atoms with Crippen molar-refractivity contribution >= 4 is 18.1 Å². The van der Waals surface area contributed by atoms with Crippen LogP contribution in [0.1, 0.15) is 11.1 Å². The summed E-state index contributed by atoms with van der Waals surface area (Å²) in [6.45, 7) is -1.31. The van der Waals surface area contributed by atoms with Crippen LogP contribution in [0.15, 0.2) is 60.7 Å². The molecule has 0 aromatic heterocycles. The third-order valence-corrected chi connectivity index (χ3v) is 7.04. The number of aliphatic hydroxyl groups is 6. The number of esters is 1. The highest BCUT2D eigenvalue weighted by atomic mass is 16.8. The number of phenolic OH excluding ortho intramolecular Hbond substituents is 2. The average molecular weight is 621 g/mol. The number of benzene rings is 2. The molecule has 2 fully saturated rings. The molecular weight excluding hydrogens is 584 g/mol. The van der Waals surface area contributed by atoms with E-state index in [0.29, 0.717) is 5.56 Å². The Hall–Kier alpha value is -3.41. The van der Waals surface area contributed by atoms with E-state index in [4.69, 9.17) is 23.7 Å². The van der Waals surface area contributed by atoms with E-state index in [1.165, 1.54) is 30.3 Å². The topological polar surface area (TPSA) is 225 Å². The number of aliphatic hydroxyl groups excluding tert-OH is 6. The lowest BCUT2D eigenvalue weighted by molar-refractivity contribution is -0.366. The summed E-state index contributed by atoms with van der Waals surface area (Å²) in [4.78, 5) is 12.3. The number of carbonyl (C=O) groups excluding carboxylic acids is 1. The molecule has 4 rings (SSSR count). The predicted molar refractivity (Wildman–Crippen MR) is 151 cm³/mol. The summed E-state index contributed by atoms with van der Waals surface area (Å²) in [5, 5.41) is 80.7. The van der Waals surface area contributed by atoms with E-state index in [9.17, 15) is 45.6 Å². The molecule has 0 aliphatic carbocycles. The van der Waals surface area contributed by atoms with Gasteiger partial charge in [0.15, 0.2) is 12.6 Å². The maximum Gasteiger partial charge on any atom is 0.330 e. The second kappa shape index (κ2) is 15.5. The van der Waals surface area contributed by atoms with E-state index in [2.05, 4.69) is 0 Å². The van der Waals surface area contributed by atoms with Gasteiger partial charge in [-0.2, -0.15) is 0 Å². The zero-order valence-corrected chi connectivity index (χ0v) is 23.4. The Balaban J connectivity index is 1.44. The first kappa shape index (κ1) is 33.5.